The van der Waals surface area contributed by atoms with Gasteiger partial charge in [-0.3, -0.25) is 4.79 Å². The molecule has 2 aromatic carbocycles. The van der Waals surface area contributed by atoms with Gasteiger partial charge in [-0.05, 0) is 43.3 Å². The van der Waals surface area contributed by atoms with Crippen LogP contribution in [0.15, 0.2) is 42.5 Å². The number of nitrogens with one attached hydrogen (secondary N) is 2. The number of carbonyl (C=O) groups is 1. The van der Waals surface area contributed by atoms with Gasteiger partial charge in [-0.25, -0.2) is 0 Å². The summed E-state index contributed by atoms with van der Waals surface area (Å²) in [6.45, 7) is 2.25. The molecule has 8 heteroatoms. The van der Waals surface area contributed by atoms with Gasteiger partial charge in [0.2, 0.25) is 0 Å². The number of hydrogen-bond acceptors (Lipinski definition) is 3. The standard InChI is InChI=1S/C20H23F3N2O3/c1-13(19(26)24-16-10-8-15(9-11-16)20(21,22)23)25(2)12-14-6-5-7-17(27-3)18(14)28-4/h5-11,13H,12H2,1-4H3,(H,24,26)/p+1/t13-/m0/s1. The Morgan fingerprint density at radius 3 is 2.29 bits per heavy atom. The molecule has 0 fully saturated rings. The van der Waals surface area contributed by atoms with Crippen LogP contribution >= 0.6 is 0 Å². The number of para-hydroxylation sites is 1. The van der Waals surface area contributed by atoms with Gasteiger partial charge in [-0.1, -0.05) is 6.07 Å². The second kappa shape index (κ2) is 8.97. The Labute approximate surface area is 162 Å². The number of hydrogen-bond donors (Lipinski definition) is 2. The fraction of sp³-hybridized carbons (Fsp3) is 0.350. The van der Waals surface area contributed by atoms with E-state index in [0.717, 1.165) is 22.6 Å². The smallest absolute Gasteiger partial charge is 0.416 e. The van der Waals surface area contributed by atoms with E-state index in [1.807, 2.05) is 19.2 Å². The van der Waals surface area contributed by atoms with Crippen molar-refractivity contribution in [2.75, 3.05) is 26.6 Å². The molecule has 0 aliphatic carbocycles. The molecule has 0 radical (unpaired) electrons. The van der Waals surface area contributed by atoms with Crippen LogP contribution < -0.4 is 19.7 Å². The Morgan fingerprint density at radius 1 is 1.11 bits per heavy atom. The van der Waals surface area contributed by atoms with E-state index in [1.165, 1.54) is 12.1 Å². The van der Waals surface area contributed by atoms with Crippen LogP contribution in [0.2, 0.25) is 0 Å². The minimum atomic E-state index is -4.41. The van der Waals surface area contributed by atoms with Crippen molar-refractivity contribution in [1.82, 2.24) is 0 Å². The van der Waals surface area contributed by atoms with E-state index in [-0.39, 0.29) is 5.91 Å². The lowest BCUT2D eigenvalue weighted by Crippen LogP contribution is -3.12. The minimum Gasteiger partial charge on any atom is -0.493 e. The first-order valence-electron chi connectivity index (χ1n) is 8.67. The average molecular weight is 397 g/mol. The van der Waals surface area contributed by atoms with Gasteiger partial charge in [0.25, 0.3) is 5.91 Å². The van der Waals surface area contributed by atoms with Crippen LogP contribution in [0.5, 0.6) is 11.5 Å². The van der Waals surface area contributed by atoms with Crippen LogP contribution in [0.3, 0.4) is 0 Å². The highest BCUT2D eigenvalue weighted by Gasteiger charge is 2.30. The quantitative estimate of drug-likeness (QED) is 0.756. The molecule has 1 unspecified atom stereocenters. The number of halogens is 3. The maximum Gasteiger partial charge on any atom is 0.416 e. The van der Waals surface area contributed by atoms with Gasteiger partial charge in [-0.2, -0.15) is 13.2 Å². The Balaban J connectivity index is 2.05. The Hall–Kier alpha value is -2.74. The van der Waals surface area contributed by atoms with E-state index in [1.54, 1.807) is 27.2 Å². The summed E-state index contributed by atoms with van der Waals surface area (Å²) in [7, 11) is 4.96. The molecule has 0 heterocycles. The molecule has 5 nitrogen and oxygen atoms in total. The summed E-state index contributed by atoms with van der Waals surface area (Å²) in [5.74, 6) is 0.925. The molecule has 152 valence electrons. The van der Waals surface area contributed by atoms with Gasteiger partial charge in [0.1, 0.15) is 6.54 Å². The molecule has 2 N–H and O–H groups in total. The van der Waals surface area contributed by atoms with Crippen LogP contribution in [0.1, 0.15) is 18.1 Å². The number of carbonyl (C=O) groups excluding carboxylic acids is 1. The highest BCUT2D eigenvalue weighted by molar-refractivity contribution is 5.93. The molecule has 0 spiro atoms. The minimum absolute atomic E-state index is 0.292. The third kappa shape index (κ3) is 5.16. The number of ether oxygens (including phenoxy) is 2. The summed E-state index contributed by atoms with van der Waals surface area (Å²) in [6.07, 6.45) is -4.41. The second-order valence-corrected chi connectivity index (χ2v) is 6.46. The number of likely N-dealkylation sites (N-methyl/N-ethyl adjacent to an activating group) is 1. The third-order valence-corrected chi connectivity index (χ3v) is 4.57. The molecule has 0 saturated heterocycles. The number of rotatable bonds is 7. The fourth-order valence-electron chi connectivity index (χ4n) is 2.76. The summed E-state index contributed by atoms with van der Waals surface area (Å²) in [5, 5.41) is 2.66. The van der Waals surface area contributed by atoms with Crippen molar-refractivity contribution in [2.45, 2.75) is 25.7 Å². The largest absolute Gasteiger partial charge is 0.493 e. The van der Waals surface area contributed by atoms with Crippen molar-refractivity contribution in [3.8, 4) is 11.5 Å². The molecule has 0 saturated carbocycles. The monoisotopic (exact) mass is 397 g/mol. The van der Waals surface area contributed by atoms with Gasteiger partial charge >= 0.3 is 6.18 Å². The van der Waals surface area contributed by atoms with Crippen molar-refractivity contribution in [2.24, 2.45) is 0 Å². The zero-order chi connectivity index (χ0) is 20.9. The second-order valence-electron chi connectivity index (χ2n) is 6.46. The average Bonchev–Trinajstić information content (AvgIpc) is 2.66. The molecule has 0 aliphatic heterocycles. The highest BCUT2D eigenvalue weighted by Crippen LogP contribution is 2.30. The first kappa shape index (κ1) is 21.6. The SMILES string of the molecule is COc1cccc(C[NH+](C)[C@@H](C)C(=O)Nc2ccc(C(F)(F)F)cc2)c1OC. The Kier molecular flexibility index (Phi) is 6.90. The lowest BCUT2D eigenvalue weighted by Gasteiger charge is -2.22. The Morgan fingerprint density at radius 2 is 1.75 bits per heavy atom. The number of benzene rings is 2. The van der Waals surface area contributed by atoms with Crippen molar-refractivity contribution in [1.29, 1.82) is 0 Å². The molecule has 28 heavy (non-hydrogen) atoms. The summed E-state index contributed by atoms with van der Waals surface area (Å²) < 4.78 is 48.6. The van der Waals surface area contributed by atoms with Gasteiger partial charge < -0.3 is 19.7 Å². The molecule has 2 rings (SSSR count). The maximum atomic E-state index is 12.6. The first-order valence-corrected chi connectivity index (χ1v) is 8.67. The molecule has 0 aromatic heterocycles. The third-order valence-electron chi connectivity index (χ3n) is 4.57. The van der Waals surface area contributed by atoms with Gasteiger partial charge in [0, 0.05) is 5.69 Å². The molecular formula is C20H24F3N2O3+. The van der Waals surface area contributed by atoms with Gasteiger partial charge in [0.05, 0.1) is 32.4 Å². The lowest BCUT2D eigenvalue weighted by atomic mass is 10.1. The van der Waals surface area contributed by atoms with Crippen LogP contribution in [-0.2, 0) is 17.5 Å². The number of methoxy groups -OCH3 is 2. The van der Waals surface area contributed by atoms with E-state index in [0.29, 0.717) is 23.7 Å². The number of quaternary nitrogens is 1. The van der Waals surface area contributed by atoms with Crippen LogP contribution in [0.25, 0.3) is 0 Å². The molecule has 0 aliphatic rings. The molecule has 2 aromatic rings. The highest BCUT2D eigenvalue weighted by atomic mass is 19.4. The van der Waals surface area contributed by atoms with Crippen LogP contribution in [0, 0.1) is 0 Å². The summed E-state index contributed by atoms with van der Waals surface area (Å²) in [6, 6.07) is 9.45. The van der Waals surface area contributed by atoms with Crippen molar-refractivity contribution in [3.63, 3.8) is 0 Å². The Bertz CT molecular complexity index is 807. The van der Waals surface area contributed by atoms with E-state index in [2.05, 4.69) is 5.32 Å². The van der Waals surface area contributed by atoms with Crippen molar-refractivity contribution in [3.05, 3.63) is 53.6 Å². The molecule has 0 bridgehead atoms. The van der Waals surface area contributed by atoms with E-state index in [4.69, 9.17) is 9.47 Å². The van der Waals surface area contributed by atoms with Crippen molar-refractivity contribution < 1.29 is 32.3 Å². The summed E-state index contributed by atoms with van der Waals surface area (Å²) >= 11 is 0. The normalized spacial score (nSPS) is 13.5. The fourth-order valence-corrected chi connectivity index (χ4v) is 2.76. The maximum absolute atomic E-state index is 12.6. The topological polar surface area (TPSA) is 52.0 Å². The summed E-state index contributed by atoms with van der Waals surface area (Å²) in [5.41, 5.74) is 0.441. The lowest BCUT2D eigenvalue weighted by molar-refractivity contribution is -0.907. The number of alkyl halides is 3. The van der Waals surface area contributed by atoms with Crippen molar-refractivity contribution >= 4 is 11.6 Å². The number of amides is 1. The predicted octanol–water partition coefficient (Wildman–Crippen LogP) is 2.76. The molecule has 1 amide bonds. The van der Waals surface area contributed by atoms with Gasteiger partial charge in [-0.15, -0.1) is 0 Å². The number of anilines is 1. The first-order chi connectivity index (χ1) is 13.2. The van der Waals surface area contributed by atoms with E-state index >= 15 is 0 Å². The van der Waals surface area contributed by atoms with Gasteiger partial charge in [0.15, 0.2) is 17.5 Å². The molecular weight excluding hydrogens is 373 g/mol. The van der Waals surface area contributed by atoms with Crippen LogP contribution in [0.4, 0.5) is 18.9 Å². The zero-order valence-corrected chi connectivity index (χ0v) is 16.2. The van der Waals surface area contributed by atoms with E-state index in [9.17, 15) is 18.0 Å². The zero-order valence-electron chi connectivity index (χ0n) is 16.2. The summed E-state index contributed by atoms with van der Waals surface area (Å²) in [4.78, 5) is 13.4. The molecule has 2 atom stereocenters. The predicted molar refractivity (Wildman–Crippen MR) is 99.7 cm³/mol. The van der Waals surface area contributed by atoms with Crippen LogP contribution in [-0.4, -0.2) is 33.2 Å². The van der Waals surface area contributed by atoms with E-state index < -0.39 is 17.8 Å².